The van der Waals surface area contributed by atoms with E-state index in [0.29, 0.717) is 17.6 Å². The Morgan fingerprint density at radius 2 is 0.941 bits per heavy atom. The van der Waals surface area contributed by atoms with Crippen LogP contribution < -0.4 is 0 Å². The van der Waals surface area contributed by atoms with Gasteiger partial charge in [0.05, 0.1) is 16.6 Å². The molecule has 0 bridgehead atoms. The summed E-state index contributed by atoms with van der Waals surface area (Å²) in [5.74, 6) is 1.71. The molecule has 0 radical (unpaired) electrons. The van der Waals surface area contributed by atoms with E-state index in [9.17, 15) is 0 Å². The van der Waals surface area contributed by atoms with Gasteiger partial charge in [0.2, 0.25) is 5.95 Å². The minimum Gasteiger partial charge on any atom is -0.454 e. The summed E-state index contributed by atoms with van der Waals surface area (Å²) < 4.78 is 11.1. The third kappa shape index (κ3) is 4.14. The number of aromatic nitrogens is 5. The first-order valence-corrected chi connectivity index (χ1v) is 17.0. The highest BCUT2D eigenvalue weighted by Crippen LogP contribution is 2.40. The summed E-state index contributed by atoms with van der Waals surface area (Å²) in [5.41, 5.74) is 8.72. The van der Waals surface area contributed by atoms with Crippen LogP contribution in [0.2, 0.25) is 0 Å². The van der Waals surface area contributed by atoms with Gasteiger partial charge in [-0.2, -0.15) is 9.97 Å². The van der Waals surface area contributed by atoms with Gasteiger partial charge in [-0.15, -0.1) is 0 Å². The highest BCUT2D eigenvalue weighted by atomic mass is 16.3. The SMILES string of the molecule is c1ccc(-c2nc(-c3cccc(-n4c5ccccc5c5ccccc54)c3)nc(-n3c4ccccc4c4ccc5c6ccccc6oc5c43)n2)cc1. The lowest BCUT2D eigenvalue weighted by Crippen LogP contribution is -2.06. The largest absolute Gasteiger partial charge is 0.454 e. The maximum atomic E-state index is 6.62. The summed E-state index contributed by atoms with van der Waals surface area (Å²) in [6.45, 7) is 0. The van der Waals surface area contributed by atoms with E-state index in [4.69, 9.17) is 19.4 Å². The van der Waals surface area contributed by atoms with Crippen molar-refractivity contribution in [2.75, 3.05) is 0 Å². The van der Waals surface area contributed by atoms with E-state index in [2.05, 4.69) is 130 Å². The summed E-state index contributed by atoms with van der Waals surface area (Å²) >= 11 is 0. The normalized spacial score (nSPS) is 11.9. The average molecular weight is 654 g/mol. The molecule has 0 atom stereocenters. The number of hydrogen-bond donors (Lipinski definition) is 0. The Hall–Kier alpha value is -7.05. The Kier molecular flexibility index (Phi) is 5.86. The zero-order valence-corrected chi connectivity index (χ0v) is 27.2. The van der Waals surface area contributed by atoms with Gasteiger partial charge in [-0.3, -0.25) is 4.57 Å². The Bertz CT molecular complexity index is 3100. The number of hydrogen-bond acceptors (Lipinski definition) is 4. The maximum Gasteiger partial charge on any atom is 0.238 e. The second-order valence-electron chi connectivity index (χ2n) is 12.9. The van der Waals surface area contributed by atoms with Crippen molar-refractivity contribution < 1.29 is 4.42 Å². The Labute approximate surface area is 291 Å². The summed E-state index contributed by atoms with van der Waals surface area (Å²) in [4.78, 5) is 15.6. The van der Waals surface area contributed by atoms with Crippen LogP contribution in [0.3, 0.4) is 0 Å². The third-order valence-electron chi connectivity index (χ3n) is 9.98. The van der Waals surface area contributed by atoms with Crippen molar-refractivity contribution >= 4 is 65.6 Å². The molecule has 0 aliphatic carbocycles. The molecule has 7 aromatic carbocycles. The number of furan rings is 1. The smallest absolute Gasteiger partial charge is 0.238 e. The van der Waals surface area contributed by atoms with Crippen LogP contribution in [0, 0.1) is 0 Å². The summed E-state index contributed by atoms with van der Waals surface area (Å²) in [7, 11) is 0. The second-order valence-corrected chi connectivity index (χ2v) is 12.9. The molecule has 6 heteroatoms. The van der Waals surface area contributed by atoms with E-state index >= 15 is 0 Å². The third-order valence-corrected chi connectivity index (χ3v) is 9.98. The predicted molar refractivity (Wildman–Crippen MR) is 207 cm³/mol. The standard InChI is InChI=1S/C45H27N5O/c1-2-13-28(14-3-1)43-46-44(29-15-12-16-30(27-29)49-37-21-8-4-17-31(37)32-18-5-9-22-38(32)49)48-45(47-43)50-39-23-10-6-19-33(39)35-25-26-36-34-20-7-11-24-40(34)51-42(36)41(35)50/h1-27H. The van der Waals surface area contributed by atoms with E-state index in [1.165, 1.54) is 10.8 Å². The van der Waals surface area contributed by atoms with Crippen molar-refractivity contribution in [3.8, 4) is 34.4 Å². The molecule has 4 heterocycles. The van der Waals surface area contributed by atoms with Gasteiger partial charge in [0.1, 0.15) is 11.1 Å². The van der Waals surface area contributed by atoms with Crippen LogP contribution in [0.4, 0.5) is 0 Å². The minimum absolute atomic E-state index is 0.528. The zero-order chi connectivity index (χ0) is 33.5. The summed E-state index contributed by atoms with van der Waals surface area (Å²) in [6, 6.07) is 56.7. The van der Waals surface area contributed by atoms with Crippen LogP contribution in [0.25, 0.3) is 100.0 Å². The van der Waals surface area contributed by atoms with Crippen molar-refractivity contribution in [2.24, 2.45) is 0 Å². The monoisotopic (exact) mass is 653 g/mol. The van der Waals surface area contributed by atoms with Gasteiger partial charge >= 0.3 is 0 Å². The number of benzene rings is 7. The maximum absolute atomic E-state index is 6.62. The van der Waals surface area contributed by atoms with Crippen LogP contribution in [-0.2, 0) is 0 Å². The molecule has 4 aromatic heterocycles. The Morgan fingerprint density at radius 3 is 1.67 bits per heavy atom. The molecule has 0 N–H and O–H groups in total. The predicted octanol–water partition coefficient (Wildman–Crippen LogP) is 11.3. The zero-order valence-electron chi connectivity index (χ0n) is 27.2. The first-order valence-electron chi connectivity index (χ1n) is 17.0. The molecule has 51 heavy (non-hydrogen) atoms. The van der Waals surface area contributed by atoms with Crippen LogP contribution in [0.15, 0.2) is 168 Å². The van der Waals surface area contributed by atoms with E-state index in [1.54, 1.807) is 0 Å². The average Bonchev–Trinajstić information content (AvgIpc) is 3.86. The topological polar surface area (TPSA) is 61.7 Å². The van der Waals surface area contributed by atoms with E-state index in [1.807, 2.05) is 42.5 Å². The van der Waals surface area contributed by atoms with Crippen LogP contribution in [0.5, 0.6) is 0 Å². The van der Waals surface area contributed by atoms with Crippen LogP contribution >= 0.6 is 0 Å². The molecule has 11 rings (SSSR count). The molecular formula is C45H27N5O. The van der Waals surface area contributed by atoms with Gasteiger partial charge < -0.3 is 8.98 Å². The van der Waals surface area contributed by atoms with E-state index in [-0.39, 0.29) is 0 Å². The quantitative estimate of drug-likeness (QED) is 0.190. The number of fused-ring (bicyclic) bond motifs is 10. The Balaban J connectivity index is 1.20. The van der Waals surface area contributed by atoms with Gasteiger partial charge in [0.25, 0.3) is 0 Å². The molecule has 0 saturated heterocycles. The lowest BCUT2D eigenvalue weighted by atomic mass is 10.1. The number of nitrogens with zero attached hydrogens (tertiary/aromatic N) is 5. The van der Waals surface area contributed by atoms with Crippen LogP contribution in [-0.4, -0.2) is 24.1 Å². The molecular weight excluding hydrogens is 627 g/mol. The lowest BCUT2D eigenvalue weighted by Gasteiger charge is -2.12. The van der Waals surface area contributed by atoms with Crippen LogP contribution in [0.1, 0.15) is 0 Å². The van der Waals surface area contributed by atoms with Gasteiger partial charge in [-0.1, -0.05) is 121 Å². The molecule has 0 aliphatic rings. The first kappa shape index (κ1) is 27.9. The molecule has 11 aromatic rings. The van der Waals surface area contributed by atoms with Crippen molar-refractivity contribution in [1.82, 2.24) is 24.1 Å². The molecule has 238 valence electrons. The number of para-hydroxylation sites is 4. The lowest BCUT2D eigenvalue weighted by molar-refractivity contribution is 0.670. The van der Waals surface area contributed by atoms with Gasteiger partial charge in [-0.05, 0) is 42.5 Å². The molecule has 6 nitrogen and oxygen atoms in total. The molecule has 0 saturated carbocycles. The molecule has 0 fully saturated rings. The van der Waals surface area contributed by atoms with Crippen molar-refractivity contribution in [3.63, 3.8) is 0 Å². The highest BCUT2D eigenvalue weighted by molar-refractivity contribution is 6.21. The Morgan fingerprint density at radius 1 is 0.392 bits per heavy atom. The fourth-order valence-corrected chi connectivity index (χ4v) is 7.73. The molecule has 0 spiro atoms. The van der Waals surface area contributed by atoms with Gasteiger partial charge in [-0.25, -0.2) is 4.98 Å². The first-order chi connectivity index (χ1) is 25.3. The van der Waals surface area contributed by atoms with Crippen molar-refractivity contribution in [3.05, 3.63) is 164 Å². The molecule has 0 aliphatic heterocycles. The minimum atomic E-state index is 0.528. The van der Waals surface area contributed by atoms with Crippen molar-refractivity contribution in [2.45, 2.75) is 0 Å². The number of rotatable bonds is 4. The fourth-order valence-electron chi connectivity index (χ4n) is 7.73. The van der Waals surface area contributed by atoms with Gasteiger partial charge in [0, 0.05) is 49.1 Å². The second kappa shape index (κ2) is 10.7. The van der Waals surface area contributed by atoms with E-state index in [0.717, 1.165) is 71.6 Å². The summed E-state index contributed by atoms with van der Waals surface area (Å²) in [6.07, 6.45) is 0. The highest BCUT2D eigenvalue weighted by Gasteiger charge is 2.22. The fraction of sp³-hybridized carbons (Fsp3) is 0. The summed E-state index contributed by atoms with van der Waals surface area (Å²) in [5, 5.41) is 6.75. The van der Waals surface area contributed by atoms with Crippen molar-refractivity contribution in [1.29, 1.82) is 0 Å². The van der Waals surface area contributed by atoms with Gasteiger partial charge in [0.15, 0.2) is 17.2 Å². The molecule has 0 amide bonds. The van der Waals surface area contributed by atoms with E-state index < -0.39 is 0 Å². The molecule has 0 unspecified atom stereocenters.